The smallest absolute Gasteiger partial charge is 0.227 e. The summed E-state index contributed by atoms with van der Waals surface area (Å²) in [6.45, 7) is 4.01. The van der Waals surface area contributed by atoms with Crippen LogP contribution in [0.25, 0.3) is 0 Å². The summed E-state index contributed by atoms with van der Waals surface area (Å²) < 4.78 is 5.37. The van der Waals surface area contributed by atoms with Crippen molar-refractivity contribution < 1.29 is 14.3 Å². The molecule has 2 amide bonds. The van der Waals surface area contributed by atoms with E-state index in [-0.39, 0.29) is 24.9 Å². The Morgan fingerprint density at radius 2 is 2.05 bits per heavy atom. The van der Waals surface area contributed by atoms with Gasteiger partial charge in [0, 0.05) is 11.6 Å². The maximum absolute atomic E-state index is 12.1. The number of benzene rings is 1. The van der Waals surface area contributed by atoms with E-state index in [9.17, 15) is 9.59 Å². The summed E-state index contributed by atoms with van der Waals surface area (Å²) in [6.07, 6.45) is 0.186. The normalized spacial score (nSPS) is 15.9. The molecule has 2 rings (SSSR count). The molecule has 1 fully saturated rings. The highest BCUT2D eigenvalue weighted by molar-refractivity contribution is 5.92. The monoisotopic (exact) mass is 291 g/mol. The van der Waals surface area contributed by atoms with Crippen LogP contribution in [0.5, 0.6) is 5.75 Å². The third-order valence-electron chi connectivity index (χ3n) is 3.67. The Morgan fingerprint density at radius 1 is 1.38 bits per heavy atom. The molecule has 0 saturated carbocycles. The summed E-state index contributed by atoms with van der Waals surface area (Å²) in [4.78, 5) is 22.7. The zero-order valence-electron chi connectivity index (χ0n) is 12.1. The van der Waals surface area contributed by atoms with Crippen molar-refractivity contribution in [3.63, 3.8) is 0 Å². The minimum absolute atomic E-state index is 0.00209. The number of hydrogen-bond donors (Lipinski definition) is 3. The van der Waals surface area contributed by atoms with Crippen molar-refractivity contribution in [1.82, 2.24) is 5.32 Å². The standard InChI is InChI=1S/C15H21N3O3/c1-10(11-8-17-9-11)15(20)18-12-2-4-13(5-3-12)21-7-6-14(16)19/h2-5,10-11,17H,6-9H2,1H3,(H2,16,19)(H,18,20). The average Bonchev–Trinajstić information content (AvgIpc) is 2.38. The molecule has 114 valence electrons. The number of amides is 2. The molecule has 1 saturated heterocycles. The van der Waals surface area contributed by atoms with Gasteiger partial charge in [0.1, 0.15) is 5.75 Å². The van der Waals surface area contributed by atoms with Gasteiger partial charge >= 0.3 is 0 Å². The van der Waals surface area contributed by atoms with E-state index in [1.54, 1.807) is 24.3 Å². The molecule has 1 aromatic rings. The Labute approximate surface area is 124 Å². The fourth-order valence-electron chi connectivity index (χ4n) is 2.04. The Kier molecular flexibility index (Phi) is 5.16. The van der Waals surface area contributed by atoms with E-state index in [0.717, 1.165) is 18.8 Å². The van der Waals surface area contributed by atoms with Crippen molar-refractivity contribution in [2.75, 3.05) is 25.0 Å². The van der Waals surface area contributed by atoms with Crippen LogP contribution in [0, 0.1) is 11.8 Å². The zero-order valence-corrected chi connectivity index (χ0v) is 12.1. The lowest BCUT2D eigenvalue weighted by molar-refractivity contribution is -0.121. The molecule has 6 heteroatoms. The highest BCUT2D eigenvalue weighted by Crippen LogP contribution is 2.20. The minimum Gasteiger partial charge on any atom is -0.493 e. The molecule has 21 heavy (non-hydrogen) atoms. The van der Waals surface area contributed by atoms with Crippen molar-refractivity contribution in [2.45, 2.75) is 13.3 Å². The molecular weight excluding hydrogens is 270 g/mol. The maximum atomic E-state index is 12.1. The summed E-state index contributed by atoms with van der Waals surface area (Å²) in [5.74, 6) is 0.701. The molecular formula is C15H21N3O3. The van der Waals surface area contributed by atoms with Gasteiger partial charge in [0.25, 0.3) is 0 Å². The Bertz CT molecular complexity index is 497. The second kappa shape index (κ2) is 7.08. The summed E-state index contributed by atoms with van der Waals surface area (Å²) in [7, 11) is 0. The first-order valence-electron chi connectivity index (χ1n) is 7.09. The SMILES string of the molecule is CC(C(=O)Nc1ccc(OCCC(N)=O)cc1)C1CNC1. The van der Waals surface area contributed by atoms with Crippen LogP contribution in [0.15, 0.2) is 24.3 Å². The van der Waals surface area contributed by atoms with Gasteiger partial charge in [-0.2, -0.15) is 0 Å². The van der Waals surface area contributed by atoms with Gasteiger partial charge in [0.05, 0.1) is 13.0 Å². The zero-order chi connectivity index (χ0) is 15.2. The van der Waals surface area contributed by atoms with Crippen LogP contribution in [-0.4, -0.2) is 31.5 Å². The molecule has 4 N–H and O–H groups in total. The number of carbonyl (C=O) groups is 2. The van der Waals surface area contributed by atoms with Gasteiger partial charge in [-0.25, -0.2) is 0 Å². The Balaban J connectivity index is 1.81. The van der Waals surface area contributed by atoms with Gasteiger partial charge in [-0.15, -0.1) is 0 Å². The van der Waals surface area contributed by atoms with Crippen molar-refractivity contribution in [3.8, 4) is 5.75 Å². The summed E-state index contributed by atoms with van der Waals surface area (Å²) in [5, 5.41) is 6.06. The highest BCUT2D eigenvalue weighted by Gasteiger charge is 2.28. The number of ether oxygens (including phenoxy) is 1. The first-order chi connectivity index (χ1) is 10.1. The van der Waals surface area contributed by atoms with E-state index >= 15 is 0 Å². The Hall–Kier alpha value is -2.08. The lowest BCUT2D eigenvalue weighted by Gasteiger charge is -2.31. The van der Waals surface area contributed by atoms with Crippen molar-refractivity contribution in [2.24, 2.45) is 17.6 Å². The number of primary amides is 1. The van der Waals surface area contributed by atoms with E-state index in [2.05, 4.69) is 10.6 Å². The molecule has 0 aliphatic carbocycles. The predicted molar refractivity (Wildman–Crippen MR) is 79.9 cm³/mol. The van der Waals surface area contributed by atoms with Gasteiger partial charge in [-0.05, 0) is 43.3 Å². The van der Waals surface area contributed by atoms with Crippen LogP contribution in [-0.2, 0) is 9.59 Å². The molecule has 1 atom stereocenters. The van der Waals surface area contributed by atoms with Crippen LogP contribution >= 0.6 is 0 Å². The summed E-state index contributed by atoms with van der Waals surface area (Å²) in [5.41, 5.74) is 5.77. The lowest BCUT2D eigenvalue weighted by atomic mass is 9.88. The molecule has 0 bridgehead atoms. The number of anilines is 1. The summed E-state index contributed by atoms with van der Waals surface area (Å²) >= 11 is 0. The molecule has 1 aliphatic rings. The van der Waals surface area contributed by atoms with Crippen LogP contribution in [0.3, 0.4) is 0 Å². The van der Waals surface area contributed by atoms with E-state index < -0.39 is 5.91 Å². The van der Waals surface area contributed by atoms with Gasteiger partial charge < -0.3 is 21.1 Å². The number of nitrogens with two attached hydrogens (primary N) is 1. The van der Waals surface area contributed by atoms with Gasteiger partial charge in [0.15, 0.2) is 0 Å². The Morgan fingerprint density at radius 3 is 2.57 bits per heavy atom. The van der Waals surface area contributed by atoms with Crippen molar-refractivity contribution >= 4 is 17.5 Å². The fraction of sp³-hybridized carbons (Fsp3) is 0.467. The molecule has 0 radical (unpaired) electrons. The highest BCUT2D eigenvalue weighted by atomic mass is 16.5. The van der Waals surface area contributed by atoms with E-state index in [1.165, 1.54) is 0 Å². The first kappa shape index (κ1) is 15.3. The average molecular weight is 291 g/mol. The van der Waals surface area contributed by atoms with Gasteiger partial charge in [-0.1, -0.05) is 6.92 Å². The van der Waals surface area contributed by atoms with Crippen LogP contribution in [0.4, 0.5) is 5.69 Å². The van der Waals surface area contributed by atoms with Gasteiger partial charge in [0.2, 0.25) is 11.8 Å². The largest absolute Gasteiger partial charge is 0.493 e. The van der Waals surface area contributed by atoms with Crippen molar-refractivity contribution in [1.29, 1.82) is 0 Å². The first-order valence-corrected chi connectivity index (χ1v) is 7.09. The molecule has 0 aromatic heterocycles. The topological polar surface area (TPSA) is 93.4 Å². The number of nitrogens with one attached hydrogen (secondary N) is 2. The van der Waals surface area contributed by atoms with E-state index in [0.29, 0.717) is 11.7 Å². The predicted octanol–water partition coefficient (Wildman–Crippen LogP) is 0.735. The van der Waals surface area contributed by atoms with Crippen molar-refractivity contribution in [3.05, 3.63) is 24.3 Å². The third kappa shape index (κ3) is 4.46. The van der Waals surface area contributed by atoms with Crippen LogP contribution < -0.4 is 21.1 Å². The fourth-order valence-corrected chi connectivity index (χ4v) is 2.04. The maximum Gasteiger partial charge on any atom is 0.227 e. The second-order valence-electron chi connectivity index (χ2n) is 5.29. The summed E-state index contributed by atoms with van der Waals surface area (Å²) in [6, 6.07) is 7.07. The third-order valence-corrected chi connectivity index (χ3v) is 3.67. The second-order valence-corrected chi connectivity index (χ2v) is 5.29. The minimum atomic E-state index is -0.390. The molecule has 1 heterocycles. The molecule has 6 nitrogen and oxygen atoms in total. The van der Waals surface area contributed by atoms with Crippen LogP contribution in [0.1, 0.15) is 13.3 Å². The lowest BCUT2D eigenvalue weighted by Crippen LogP contribution is -2.48. The van der Waals surface area contributed by atoms with Crippen LogP contribution in [0.2, 0.25) is 0 Å². The number of rotatable bonds is 7. The van der Waals surface area contributed by atoms with E-state index in [4.69, 9.17) is 10.5 Å². The number of hydrogen-bond acceptors (Lipinski definition) is 4. The molecule has 1 unspecified atom stereocenters. The molecule has 1 aromatic carbocycles. The van der Waals surface area contributed by atoms with Gasteiger partial charge in [-0.3, -0.25) is 9.59 Å². The number of carbonyl (C=O) groups excluding carboxylic acids is 2. The molecule has 0 spiro atoms. The molecule has 1 aliphatic heterocycles. The quantitative estimate of drug-likeness (QED) is 0.690. The van der Waals surface area contributed by atoms with E-state index in [1.807, 2.05) is 6.92 Å².